The molecule has 0 bridgehead atoms. The first-order chi connectivity index (χ1) is 13.1. The third-order valence-electron chi connectivity index (χ3n) is 3.99. The van der Waals surface area contributed by atoms with Gasteiger partial charge in [0.15, 0.2) is 0 Å². The van der Waals surface area contributed by atoms with Gasteiger partial charge in [-0.2, -0.15) is 5.10 Å². The highest BCUT2D eigenvalue weighted by Crippen LogP contribution is 2.25. The quantitative estimate of drug-likeness (QED) is 0.719. The van der Waals surface area contributed by atoms with Crippen LogP contribution in [-0.2, 0) is 14.1 Å². The summed E-state index contributed by atoms with van der Waals surface area (Å²) in [5, 5.41) is 14.8. The molecule has 1 aromatic carbocycles. The molecular weight excluding hydrogens is 377 g/mol. The lowest BCUT2D eigenvalue weighted by molar-refractivity contribution is -0.274. The molecule has 0 saturated heterocycles. The second kappa shape index (κ2) is 7.33. The van der Waals surface area contributed by atoms with Crippen LogP contribution in [0.15, 0.2) is 36.7 Å². The van der Waals surface area contributed by atoms with Crippen LogP contribution in [0.5, 0.6) is 5.75 Å². The first-order valence-corrected chi connectivity index (χ1v) is 8.19. The molecule has 8 nitrogen and oxygen atoms in total. The molecule has 11 heteroatoms. The Hall–Kier alpha value is -3.37. The van der Waals surface area contributed by atoms with Gasteiger partial charge in [-0.15, -0.1) is 18.3 Å². The number of rotatable bonds is 5. The zero-order chi connectivity index (χ0) is 20.5. The van der Waals surface area contributed by atoms with Gasteiger partial charge in [-0.3, -0.25) is 14.2 Å². The van der Waals surface area contributed by atoms with E-state index in [-0.39, 0.29) is 5.75 Å². The predicted molar refractivity (Wildman–Crippen MR) is 92.2 cm³/mol. The summed E-state index contributed by atoms with van der Waals surface area (Å²) in [6, 6.07) is 4.84. The van der Waals surface area contributed by atoms with Gasteiger partial charge >= 0.3 is 6.36 Å². The molecule has 0 aliphatic rings. The Morgan fingerprint density at radius 2 is 1.89 bits per heavy atom. The number of ether oxygens (including phenoxy) is 1. The standard InChI is InChI=1S/C17H17F3N6O2/c1-10(11-4-6-12(7-5-11)28-17(18,19)20)22-16(27)15-13(8-21-26(15)3)14-9-25(2)24-23-14/h4-10H,1-3H3,(H,22,27)/t10-/m1/s1. The summed E-state index contributed by atoms with van der Waals surface area (Å²) in [4.78, 5) is 12.8. The Morgan fingerprint density at radius 3 is 2.46 bits per heavy atom. The molecule has 0 aliphatic carbocycles. The van der Waals surface area contributed by atoms with Crippen LogP contribution in [0.2, 0.25) is 0 Å². The molecule has 0 radical (unpaired) electrons. The number of nitrogens with zero attached hydrogens (tertiary/aromatic N) is 5. The van der Waals surface area contributed by atoms with Crippen molar-refractivity contribution in [2.75, 3.05) is 0 Å². The van der Waals surface area contributed by atoms with E-state index in [2.05, 4.69) is 25.5 Å². The van der Waals surface area contributed by atoms with Crippen molar-refractivity contribution in [2.45, 2.75) is 19.3 Å². The maximum atomic E-state index is 12.8. The van der Waals surface area contributed by atoms with E-state index < -0.39 is 18.3 Å². The van der Waals surface area contributed by atoms with Crippen LogP contribution in [0.3, 0.4) is 0 Å². The van der Waals surface area contributed by atoms with Crippen LogP contribution in [0, 0.1) is 0 Å². The van der Waals surface area contributed by atoms with E-state index >= 15 is 0 Å². The van der Waals surface area contributed by atoms with Crippen molar-refractivity contribution in [2.24, 2.45) is 14.1 Å². The molecule has 3 aromatic rings. The summed E-state index contributed by atoms with van der Waals surface area (Å²) in [6.07, 6.45) is -1.57. The number of carbonyl (C=O) groups is 1. The molecule has 1 amide bonds. The van der Waals surface area contributed by atoms with E-state index in [1.54, 1.807) is 27.2 Å². The van der Waals surface area contributed by atoms with E-state index in [0.717, 1.165) is 0 Å². The molecule has 3 rings (SSSR count). The third kappa shape index (κ3) is 4.30. The van der Waals surface area contributed by atoms with Gasteiger partial charge in [0.05, 0.1) is 24.0 Å². The Balaban J connectivity index is 1.76. The van der Waals surface area contributed by atoms with E-state index in [1.165, 1.54) is 39.8 Å². The molecule has 2 aromatic heterocycles. The molecule has 0 unspecified atom stereocenters. The zero-order valence-electron chi connectivity index (χ0n) is 15.2. The Bertz CT molecular complexity index is 978. The van der Waals surface area contributed by atoms with Crippen LogP contribution in [0.1, 0.15) is 29.0 Å². The lowest BCUT2D eigenvalue weighted by Gasteiger charge is -2.16. The van der Waals surface area contributed by atoms with Gasteiger partial charge in [-0.05, 0) is 24.6 Å². The van der Waals surface area contributed by atoms with Crippen LogP contribution < -0.4 is 10.1 Å². The number of aromatic nitrogens is 5. The smallest absolute Gasteiger partial charge is 0.406 e. The molecular formula is C17H17F3N6O2. The highest BCUT2D eigenvalue weighted by atomic mass is 19.4. The average molecular weight is 394 g/mol. The van der Waals surface area contributed by atoms with Crippen LogP contribution in [0.4, 0.5) is 13.2 Å². The molecule has 2 heterocycles. The van der Waals surface area contributed by atoms with Crippen LogP contribution >= 0.6 is 0 Å². The van der Waals surface area contributed by atoms with E-state index in [9.17, 15) is 18.0 Å². The summed E-state index contributed by atoms with van der Waals surface area (Å²) in [5.41, 5.74) is 1.94. The fourth-order valence-corrected chi connectivity index (χ4v) is 2.67. The highest BCUT2D eigenvalue weighted by molar-refractivity contribution is 5.98. The maximum absolute atomic E-state index is 12.8. The number of aryl methyl sites for hydroxylation is 2. The fourth-order valence-electron chi connectivity index (χ4n) is 2.67. The molecule has 1 N–H and O–H groups in total. The van der Waals surface area contributed by atoms with Gasteiger partial charge in [0, 0.05) is 14.1 Å². The van der Waals surface area contributed by atoms with Gasteiger partial charge in [-0.25, -0.2) is 0 Å². The first kappa shape index (κ1) is 19.4. The van der Waals surface area contributed by atoms with Gasteiger partial charge in [0.25, 0.3) is 5.91 Å². The van der Waals surface area contributed by atoms with E-state index in [4.69, 9.17) is 0 Å². The topological polar surface area (TPSA) is 86.9 Å². The predicted octanol–water partition coefficient (Wildman–Crippen LogP) is 2.61. The highest BCUT2D eigenvalue weighted by Gasteiger charge is 2.31. The minimum absolute atomic E-state index is 0.296. The van der Waals surface area contributed by atoms with Crippen molar-refractivity contribution in [1.29, 1.82) is 0 Å². The van der Waals surface area contributed by atoms with Crippen molar-refractivity contribution in [1.82, 2.24) is 30.1 Å². The third-order valence-corrected chi connectivity index (χ3v) is 3.99. The number of nitrogens with one attached hydrogen (secondary N) is 1. The zero-order valence-corrected chi connectivity index (χ0v) is 15.2. The second-order valence-electron chi connectivity index (χ2n) is 6.12. The van der Waals surface area contributed by atoms with Crippen molar-refractivity contribution < 1.29 is 22.7 Å². The van der Waals surface area contributed by atoms with E-state index in [0.29, 0.717) is 22.5 Å². The van der Waals surface area contributed by atoms with Gasteiger partial charge in [-0.1, -0.05) is 17.3 Å². The van der Waals surface area contributed by atoms with Crippen LogP contribution in [0.25, 0.3) is 11.3 Å². The lowest BCUT2D eigenvalue weighted by atomic mass is 10.1. The molecule has 0 fully saturated rings. The fraction of sp³-hybridized carbons (Fsp3) is 0.294. The number of alkyl halides is 3. The first-order valence-electron chi connectivity index (χ1n) is 8.19. The number of amides is 1. The normalized spacial score (nSPS) is 12.6. The number of hydrogen-bond acceptors (Lipinski definition) is 5. The SMILES string of the molecule is C[C@@H](NC(=O)c1c(-c2cn(C)nn2)cnn1C)c1ccc(OC(F)(F)F)cc1. The average Bonchev–Trinajstić information content (AvgIpc) is 3.19. The Labute approximate surface area is 157 Å². The van der Waals surface area contributed by atoms with Crippen LogP contribution in [-0.4, -0.2) is 37.0 Å². The van der Waals surface area contributed by atoms with Crippen molar-refractivity contribution in [3.63, 3.8) is 0 Å². The van der Waals surface area contributed by atoms with Crippen molar-refractivity contribution in [3.8, 4) is 17.0 Å². The van der Waals surface area contributed by atoms with E-state index in [1.807, 2.05) is 0 Å². The summed E-state index contributed by atoms with van der Waals surface area (Å²) in [5.74, 6) is -0.727. The van der Waals surface area contributed by atoms with Crippen molar-refractivity contribution >= 4 is 5.91 Å². The molecule has 148 valence electrons. The Kier molecular flexibility index (Phi) is 5.08. The maximum Gasteiger partial charge on any atom is 0.573 e. The van der Waals surface area contributed by atoms with Gasteiger partial charge in [0.2, 0.25) is 0 Å². The largest absolute Gasteiger partial charge is 0.573 e. The number of hydrogen-bond donors (Lipinski definition) is 1. The summed E-state index contributed by atoms with van der Waals surface area (Å²) >= 11 is 0. The molecule has 1 atom stereocenters. The monoisotopic (exact) mass is 394 g/mol. The second-order valence-corrected chi connectivity index (χ2v) is 6.12. The molecule has 0 saturated carbocycles. The lowest BCUT2D eigenvalue weighted by Crippen LogP contribution is -2.29. The van der Waals surface area contributed by atoms with Crippen molar-refractivity contribution in [3.05, 3.63) is 47.9 Å². The number of carbonyl (C=O) groups excluding carboxylic acids is 1. The van der Waals surface area contributed by atoms with Gasteiger partial charge in [0.1, 0.15) is 17.1 Å². The number of benzene rings is 1. The minimum Gasteiger partial charge on any atom is -0.406 e. The number of halogens is 3. The molecule has 28 heavy (non-hydrogen) atoms. The summed E-state index contributed by atoms with van der Waals surface area (Å²) < 4.78 is 43.5. The summed E-state index contributed by atoms with van der Waals surface area (Å²) in [6.45, 7) is 1.72. The van der Waals surface area contributed by atoms with Gasteiger partial charge < -0.3 is 10.1 Å². The Morgan fingerprint density at radius 1 is 1.21 bits per heavy atom. The summed E-state index contributed by atoms with van der Waals surface area (Å²) in [7, 11) is 3.34. The molecule has 0 spiro atoms. The molecule has 0 aliphatic heterocycles. The minimum atomic E-state index is -4.75.